The number of carbonyl (C=O) groups is 1. The number of aliphatic imine (C=N–C) groups is 1. The van der Waals surface area contributed by atoms with E-state index >= 15 is 0 Å². The highest BCUT2D eigenvalue weighted by atomic mass is 79.9. The van der Waals surface area contributed by atoms with Gasteiger partial charge in [0.25, 0.3) is 0 Å². The molecule has 1 aliphatic rings. The van der Waals surface area contributed by atoms with E-state index in [1.165, 1.54) is 0 Å². The summed E-state index contributed by atoms with van der Waals surface area (Å²) in [6.07, 6.45) is 1.70. The van der Waals surface area contributed by atoms with Crippen molar-refractivity contribution >= 4 is 60.6 Å². The molecule has 3 aromatic carbocycles. The van der Waals surface area contributed by atoms with Crippen molar-refractivity contribution in [2.24, 2.45) is 4.99 Å². The fourth-order valence-electron chi connectivity index (χ4n) is 2.96. The minimum atomic E-state index is -0.468. The average Bonchev–Trinajstić information content (AvgIpc) is 3.05. The maximum absolute atomic E-state index is 12.3. The van der Waals surface area contributed by atoms with Crippen LogP contribution in [0.4, 0.5) is 0 Å². The molecule has 0 aliphatic carbocycles. The molecule has 0 saturated carbocycles. The van der Waals surface area contributed by atoms with Crippen LogP contribution in [0.2, 0.25) is 0 Å². The van der Waals surface area contributed by atoms with Crippen molar-refractivity contribution in [1.82, 2.24) is 0 Å². The number of rotatable bonds is 4. The van der Waals surface area contributed by atoms with Crippen molar-refractivity contribution in [1.29, 1.82) is 0 Å². The Balaban J connectivity index is 1.68. The highest BCUT2D eigenvalue weighted by Gasteiger charge is 2.24. The van der Waals surface area contributed by atoms with Crippen LogP contribution in [0.3, 0.4) is 0 Å². The van der Waals surface area contributed by atoms with Gasteiger partial charge in [-0.1, -0.05) is 30.3 Å². The Labute approximate surface area is 179 Å². The second-order valence-corrected chi connectivity index (χ2v) is 7.85. The Bertz CT molecular complexity index is 1130. The normalized spacial score (nSPS) is 15.0. The molecule has 0 saturated heterocycles. The number of esters is 1. The predicted octanol–water partition coefficient (Wildman–Crippen LogP) is 6.11. The molecule has 0 N–H and O–H groups in total. The SMILES string of the molecule is CCOc1c(Br)cc(C=C2N=C(c3ccc4ccccc4c3)OC2=O)cc1Br. The number of cyclic esters (lactones) is 1. The van der Waals surface area contributed by atoms with E-state index in [0.717, 1.165) is 36.6 Å². The van der Waals surface area contributed by atoms with Crippen molar-refractivity contribution in [3.8, 4) is 5.75 Å². The highest BCUT2D eigenvalue weighted by Crippen LogP contribution is 2.35. The number of halogens is 2. The Kier molecular flexibility index (Phi) is 5.33. The van der Waals surface area contributed by atoms with E-state index in [1.54, 1.807) is 6.08 Å². The van der Waals surface area contributed by atoms with Gasteiger partial charge < -0.3 is 9.47 Å². The van der Waals surface area contributed by atoms with Crippen LogP contribution in [0, 0.1) is 0 Å². The van der Waals surface area contributed by atoms with Gasteiger partial charge in [0.2, 0.25) is 5.90 Å². The third-order valence-electron chi connectivity index (χ3n) is 4.23. The molecule has 0 bridgehead atoms. The molecule has 0 unspecified atom stereocenters. The molecule has 0 amide bonds. The number of ether oxygens (including phenoxy) is 2. The summed E-state index contributed by atoms with van der Waals surface area (Å²) in [6, 6.07) is 17.6. The first-order chi connectivity index (χ1) is 13.5. The third-order valence-corrected chi connectivity index (χ3v) is 5.41. The molecule has 0 aromatic heterocycles. The minimum absolute atomic E-state index is 0.256. The summed E-state index contributed by atoms with van der Waals surface area (Å²) in [5, 5.41) is 2.19. The summed E-state index contributed by atoms with van der Waals surface area (Å²) in [7, 11) is 0. The van der Waals surface area contributed by atoms with E-state index < -0.39 is 5.97 Å². The lowest BCUT2D eigenvalue weighted by molar-refractivity contribution is -0.129. The molecule has 28 heavy (non-hydrogen) atoms. The molecule has 0 spiro atoms. The zero-order chi connectivity index (χ0) is 19.7. The lowest BCUT2D eigenvalue weighted by Gasteiger charge is -2.09. The van der Waals surface area contributed by atoms with Crippen LogP contribution < -0.4 is 4.74 Å². The van der Waals surface area contributed by atoms with Crippen LogP contribution in [0.5, 0.6) is 5.75 Å². The standard InChI is InChI=1S/C22H15Br2NO3/c1-2-27-20-17(23)9-13(10-18(20)24)11-19-22(26)28-21(25-19)16-8-7-14-5-3-4-6-15(14)12-16/h3-12H,2H2,1H3. The Morgan fingerprint density at radius 1 is 1.04 bits per heavy atom. The number of hydrogen-bond donors (Lipinski definition) is 0. The van der Waals surface area contributed by atoms with Crippen LogP contribution in [0.25, 0.3) is 16.8 Å². The molecule has 6 heteroatoms. The van der Waals surface area contributed by atoms with E-state index in [0.29, 0.717) is 12.5 Å². The van der Waals surface area contributed by atoms with Gasteiger partial charge in [0.15, 0.2) is 5.70 Å². The largest absolute Gasteiger partial charge is 0.492 e. The number of hydrogen-bond acceptors (Lipinski definition) is 4. The predicted molar refractivity (Wildman–Crippen MR) is 118 cm³/mol. The molecular weight excluding hydrogens is 486 g/mol. The van der Waals surface area contributed by atoms with Gasteiger partial charge in [0.1, 0.15) is 5.75 Å². The Morgan fingerprint density at radius 2 is 1.75 bits per heavy atom. The molecule has 3 aromatic rings. The fourth-order valence-corrected chi connectivity index (χ4v) is 4.41. The minimum Gasteiger partial charge on any atom is -0.492 e. The summed E-state index contributed by atoms with van der Waals surface area (Å²) >= 11 is 7.00. The number of fused-ring (bicyclic) bond motifs is 1. The van der Waals surface area contributed by atoms with Crippen molar-refractivity contribution in [3.63, 3.8) is 0 Å². The van der Waals surface area contributed by atoms with Crippen LogP contribution in [-0.4, -0.2) is 18.5 Å². The lowest BCUT2D eigenvalue weighted by atomic mass is 10.1. The van der Waals surface area contributed by atoms with E-state index in [4.69, 9.17) is 9.47 Å². The van der Waals surface area contributed by atoms with Crippen molar-refractivity contribution < 1.29 is 14.3 Å². The summed E-state index contributed by atoms with van der Waals surface area (Å²) < 4.78 is 12.6. The van der Waals surface area contributed by atoms with Crippen LogP contribution >= 0.6 is 31.9 Å². The topological polar surface area (TPSA) is 47.9 Å². The smallest absolute Gasteiger partial charge is 0.363 e. The maximum Gasteiger partial charge on any atom is 0.363 e. The monoisotopic (exact) mass is 499 g/mol. The molecular formula is C22H15Br2NO3. The van der Waals surface area contributed by atoms with Crippen LogP contribution in [-0.2, 0) is 9.53 Å². The molecule has 1 aliphatic heterocycles. The summed E-state index contributed by atoms with van der Waals surface area (Å²) in [4.78, 5) is 16.7. The third kappa shape index (κ3) is 3.75. The molecule has 0 radical (unpaired) electrons. The first-order valence-electron chi connectivity index (χ1n) is 8.68. The van der Waals surface area contributed by atoms with Gasteiger partial charge in [-0.05, 0) is 85.5 Å². The van der Waals surface area contributed by atoms with E-state index in [-0.39, 0.29) is 5.70 Å². The second-order valence-electron chi connectivity index (χ2n) is 6.14. The van der Waals surface area contributed by atoms with E-state index in [2.05, 4.69) is 36.9 Å². The average molecular weight is 501 g/mol. The highest BCUT2D eigenvalue weighted by molar-refractivity contribution is 9.11. The summed E-state index contributed by atoms with van der Waals surface area (Å²) in [5.74, 6) is 0.564. The van der Waals surface area contributed by atoms with Gasteiger partial charge in [0.05, 0.1) is 15.6 Å². The van der Waals surface area contributed by atoms with Gasteiger partial charge in [-0.2, -0.15) is 0 Å². The Morgan fingerprint density at radius 3 is 2.46 bits per heavy atom. The molecule has 0 fully saturated rings. The molecule has 4 rings (SSSR count). The van der Waals surface area contributed by atoms with Crippen LogP contribution in [0.15, 0.2) is 74.2 Å². The van der Waals surface area contributed by atoms with E-state index in [9.17, 15) is 4.79 Å². The zero-order valence-electron chi connectivity index (χ0n) is 14.9. The van der Waals surface area contributed by atoms with Crippen LogP contribution in [0.1, 0.15) is 18.1 Å². The zero-order valence-corrected chi connectivity index (χ0v) is 18.1. The number of carbonyl (C=O) groups excluding carboxylic acids is 1. The maximum atomic E-state index is 12.3. The number of nitrogens with zero attached hydrogens (tertiary/aromatic N) is 1. The van der Waals surface area contributed by atoms with Gasteiger partial charge in [-0.15, -0.1) is 0 Å². The van der Waals surface area contributed by atoms with Crippen molar-refractivity contribution in [2.45, 2.75) is 6.92 Å². The molecule has 1 heterocycles. The second kappa shape index (κ2) is 7.89. The van der Waals surface area contributed by atoms with Gasteiger partial charge in [-0.3, -0.25) is 0 Å². The summed E-state index contributed by atoms with van der Waals surface area (Å²) in [5.41, 5.74) is 1.83. The van der Waals surface area contributed by atoms with Crippen molar-refractivity contribution in [2.75, 3.05) is 6.61 Å². The quantitative estimate of drug-likeness (QED) is 0.321. The van der Waals surface area contributed by atoms with Crippen molar-refractivity contribution in [3.05, 3.63) is 80.4 Å². The number of benzene rings is 3. The molecule has 140 valence electrons. The van der Waals surface area contributed by atoms with E-state index in [1.807, 2.05) is 61.5 Å². The lowest BCUT2D eigenvalue weighted by Crippen LogP contribution is -2.05. The fraction of sp³-hybridized carbons (Fsp3) is 0.0909. The molecule has 4 nitrogen and oxygen atoms in total. The first-order valence-corrected chi connectivity index (χ1v) is 10.3. The Hall–Kier alpha value is -2.44. The van der Waals surface area contributed by atoms with Gasteiger partial charge in [0, 0.05) is 5.56 Å². The summed E-state index contributed by atoms with van der Waals surface area (Å²) in [6.45, 7) is 2.48. The van der Waals surface area contributed by atoms with Gasteiger partial charge in [-0.25, -0.2) is 9.79 Å². The van der Waals surface area contributed by atoms with Gasteiger partial charge >= 0.3 is 5.97 Å². The first kappa shape index (κ1) is 18.9. The molecule has 0 atom stereocenters.